The number of amides is 1. The van der Waals surface area contributed by atoms with Crippen molar-refractivity contribution in [2.75, 3.05) is 5.32 Å². The Labute approximate surface area is 141 Å². The normalized spacial score (nSPS) is 11.1. The van der Waals surface area contributed by atoms with E-state index in [-0.39, 0.29) is 5.91 Å². The van der Waals surface area contributed by atoms with Crippen molar-refractivity contribution in [1.82, 2.24) is 15.0 Å². The van der Waals surface area contributed by atoms with Gasteiger partial charge in [-0.2, -0.15) is 0 Å². The van der Waals surface area contributed by atoms with Gasteiger partial charge < -0.3 is 9.40 Å². The number of benzene rings is 1. The number of imidazole rings is 1. The van der Waals surface area contributed by atoms with Crippen molar-refractivity contribution in [2.24, 2.45) is 0 Å². The van der Waals surface area contributed by atoms with E-state index in [1.807, 2.05) is 50.2 Å². The van der Waals surface area contributed by atoms with Gasteiger partial charge >= 0.3 is 0 Å². The summed E-state index contributed by atoms with van der Waals surface area (Å²) < 4.78 is 5.57. The predicted octanol–water partition coefficient (Wildman–Crippen LogP) is 4.15. The average molecular weight is 338 g/mol. The van der Waals surface area contributed by atoms with E-state index in [9.17, 15) is 4.79 Å². The van der Waals surface area contributed by atoms with Gasteiger partial charge in [0.15, 0.2) is 10.8 Å². The number of hydrogen-bond acceptors (Lipinski definition) is 5. The van der Waals surface area contributed by atoms with Crippen LogP contribution in [-0.2, 0) is 0 Å². The molecule has 4 rings (SSSR count). The molecular weight excluding hydrogens is 324 g/mol. The summed E-state index contributed by atoms with van der Waals surface area (Å²) in [6.45, 7) is 3.68. The molecule has 24 heavy (non-hydrogen) atoms. The number of thiazole rings is 1. The largest absolute Gasteiger partial charge is 0.459 e. The van der Waals surface area contributed by atoms with Crippen LogP contribution in [0.15, 0.2) is 40.8 Å². The van der Waals surface area contributed by atoms with Gasteiger partial charge in [-0.25, -0.2) is 9.97 Å². The number of aryl methyl sites for hydroxylation is 2. The number of para-hydroxylation sites is 2. The van der Waals surface area contributed by atoms with E-state index in [4.69, 9.17) is 4.42 Å². The van der Waals surface area contributed by atoms with Gasteiger partial charge in [-0.1, -0.05) is 12.1 Å². The van der Waals surface area contributed by atoms with Crippen LogP contribution in [0.2, 0.25) is 0 Å². The van der Waals surface area contributed by atoms with Gasteiger partial charge in [-0.05, 0) is 38.1 Å². The molecule has 0 unspecified atom stereocenters. The van der Waals surface area contributed by atoms with Gasteiger partial charge in [-0.15, -0.1) is 11.3 Å². The van der Waals surface area contributed by atoms with E-state index in [0.717, 1.165) is 16.8 Å². The van der Waals surface area contributed by atoms with Gasteiger partial charge in [0.05, 0.1) is 16.7 Å². The summed E-state index contributed by atoms with van der Waals surface area (Å²) in [5.41, 5.74) is 2.35. The maximum Gasteiger partial charge on any atom is 0.269 e. The first-order valence-electron chi connectivity index (χ1n) is 7.40. The van der Waals surface area contributed by atoms with Crippen LogP contribution in [0.3, 0.4) is 0 Å². The van der Waals surface area contributed by atoms with E-state index in [0.29, 0.717) is 27.3 Å². The minimum Gasteiger partial charge on any atom is -0.459 e. The lowest BCUT2D eigenvalue weighted by atomic mass is 10.3. The molecule has 0 fully saturated rings. The molecular formula is C17H14N4O2S. The van der Waals surface area contributed by atoms with Gasteiger partial charge in [0, 0.05) is 0 Å². The Morgan fingerprint density at radius 1 is 1.17 bits per heavy atom. The smallest absolute Gasteiger partial charge is 0.269 e. The van der Waals surface area contributed by atoms with E-state index < -0.39 is 0 Å². The van der Waals surface area contributed by atoms with Crippen molar-refractivity contribution in [3.63, 3.8) is 0 Å². The van der Waals surface area contributed by atoms with Crippen LogP contribution in [0.25, 0.3) is 21.8 Å². The molecule has 0 aliphatic rings. The highest BCUT2D eigenvalue weighted by Crippen LogP contribution is 2.29. The molecule has 0 aliphatic heterocycles. The number of aromatic nitrogens is 3. The zero-order valence-corrected chi connectivity index (χ0v) is 13.9. The Hall–Kier alpha value is -2.93. The number of rotatable bonds is 3. The maximum atomic E-state index is 12.5. The number of anilines is 1. The Bertz CT molecular complexity index is 1010. The van der Waals surface area contributed by atoms with E-state index >= 15 is 0 Å². The Morgan fingerprint density at radius 2 is 2.00 bits per heavy atom. The predicted molar refractivity (Wildman–Crippen MR) is 93.3 cm³/mol. The Kier molecular flexibility index (Phi) is 3.42. The topological polar surface area (TPSA) is 83.8 Å². The summed E-state index contributed by atoms with van der Waals surface area (Å²) in [5.74, 6) is 1.66. The van der Waals surface area contributed by atoms with Crippen LogP contribution in [0.1, 0.15) is 21.1 Å². The number of hydrogen-bond donors (Lipinski definition) is 2. The highest BCUT2D eigenvalue weighted by molar-refractivity contribution is 7.17. The third-order valence-corrected chi connectivity index (χ3v) is 4.75. The van der Waals surface area contributed by atoms with Crippen molar-refractivity contribution in [2.45, 2.75) is 13.8 Å². The minimum absolute atomic E-state index is 0.237. The summed E-state index contributed by atoms with van der Waals surface area (Å²) in [6, 6.07) is 11.3. The van der Waals surface area contributed by atoms with Gasteiger partial charge in [-0.3, -0.25) is 10.1 Å². The number of fused-ring (bicyclic) bond motifs is 1. The summed E-state index contributed by atoms with van der Waals surface area (Å²) >= 11 is 1.30. The first-order valence-corrected chi connectivity index (χ1v) is 8.22. The molecule has 4 aromatic rings. The molecule has 6 nitrogen and oxygen atoms in total. The SMILES string of the molecule is Cc1ccc(-c2nc(C)c(C(=O)Nc3nc4ccccc4[nH]3)s2)o1. The first-order chi connectivity index (χ1) is 11.6. The second-order valence-corrected chi connectivity index (χ2v) is 6.40. The molecule has 0 saturated carbocycles. The summed E-state index contributed by atoms with van der Waals surface area (Å²) in [4.78, 5) is 24.9. The first kappa shape index (κ1) is 14.6. The van der Waals surface area contributed by atoms with E-state index in [2.05, 4.69) is 20.3 Å². The molecule has 3 heterocycles. The third kappa shape index (κ3) is 2.59. The molecule has 0 radical (unpaired) electrons. The van der Waals surface area contributed by atoms with E-state index in [1.165, 1.54) is 11.3 Å². The molecule has 0 spiro atoms. The van der Waals surface area contributed by atoms with Crippen LogP contribution in [0.5, 0.6) is 0 Å². The number of furan rings is 1. The highest BCUT2D eigenvalue weighted by atomic mass is 32.1. The fourth-order valence-corrected chi connectivity index (χ4v) is 3.36. The molecule has 0 atom stereocenters. The zero-order chi connectivity index (χ0) is 16.7. The number of H-pyrrole nitrogens is 1. The van der Waals surface area contributed by atoms with Crippen molar-refractivity contribution in [3.8, 4) is 10.8 Å². The second kappa shape index (κ2) is 5.61. The quantitative estimate of drug-likeness (QED) is 0.588. The number of nitrogens with zero attached hydrogens (tertiary/aromatic N) is 2. The number of carbonyl (C=O) groups excluding carboxylic acids is 1. The third-order valence-electron chi connectivity index (χ3n) is 3.58. The van der Waals surface area contributed by atoms with Crippen LogP contribution in [0, 0.1) is 13.8 Å². The van der Waals surface area contributed by atoms with Crippen LogP contribution < -0.4 is 5.32 Å². The van der Waals surface area contributed by atoms with Crippen molar-refractivity contribution < 1.29 is 9.21 Å². The van der Waals surface area contributed by atoms with Gasteiger partial charge in [0.25, 0.3) is 5.91 Å². The van der Waals surface area contributed by atoms with Crippen LogP contribution >= 0.6 is 11.3 Å². The Balaban J connectivity index is 1.61. The Morgan fingerprint density at radius 3 is 2.75 bits per heavy atom. The molecule has 0 bridgehead atoms. The molecule has 7 heteroatoms. The fraction of sp³-hybridized carbons (Fsp3) is 0.118. The highest BCUT2D eigenvalue weighted by Gasteiger charge is 2.19. The fourth-order valence-electron chi connectivity index (χ4n) is 2.44. The molecule has 0 saturated heterocycles. The lowest BCUT2D eigenvalue weighted by Gasteiger charge is -1.99. The number of aromatic amines is 1. The molecule has 120 valence electrons. The van der Waals surface area contributed by atoms with Crippen molar-refractivity contribution in [3.05, 3.63) is 52.7 Å². The lowest BCUT2D eigenvalue weighted by Crippen LogP contribution is -2.12. The lowest BCUT2D eigenvalue weighted by molar-refractivity contribution is 0.102. The average Bonchev–Trinajstić information content (AvgIpc) is 3.24. The van der Waals surface area contributed by atoms with Crippen LogP contribution in [0.4, 0.5) is 5.95 Å². The summed E-state index contributed by atoms with van der Waals surface area (Å²) in [7, 11) is 0. The standard InChI is InChI=1S/C17H14N4O2S/c1-9-7-8-13(23-9)16-18-10(2)14(24-16)15(22)21-17-19-11-5-3-4-6-12(11)20-17/h3-8H,1-2H3,(H2,19,20,21,22). The van der Waals surface area contributed by atoms with Crippen molar-refractivity contribution in [1.29, 1.82) is 0 Å². The molecule has 0 aliphatic carbocycles. The zero-order valence-electron chi connectivity index (χ0n) is 13.1. The molecule has 2 N–H and O–H groups in total. The molecule has 1 aromatic carbocycles. The van der Waals surface area contributed by atoms with Gasteiger partial charge in [0.2, 0.25) is 5.95 Å². The van der Waals surface area contributed by atoms with E-state index in [1.54, 1.807) is 0 Å². The number of nitrogens with one attached hydrogen (secondary N) is 2. The maximum absolute atomic E-state index is 12.5. The summed E-state index contributed by atoms with van der Waals surface area (Å²) in [6.07, 6.45) is 0. The number of carbonyl (C=O) groups is 1. The van der Waals surface area contributed by atoms with Crippen LogP contribution in [-0.4, -0.2) is 20.9 Å². The van der Waals surface area contributed by atoms with Gasteiger partial charge in [0.1, 0.15) is 10.6 Å². The minimum atomic E-state index is -0.237. The molecule has 3 aromatic heterocycles. The summed E-state index contributed by atoms with van der Waals surface area (Å²) in [5, 5.41) is 3.48. The monoisotopic (exact) mass is 338 g/mol. The second-order valence-electron chi connectivity index (χ2n) is 5.40. The van der Waals surface area contributed by atoms with Crippen molar-refractivity contribution >= 4 is 34.2 Å². The molecule has 1 amide bonds.